The van der Waals surface area contributed by atoms with Crippen LogP contribution in [0.1, 0.15) is 157 Å². The zero-order valence-electron chi connectivity index (χ0n) is 66.9. The van der Waals surface area contributed by atoms with Crippen molar-refractivity contribution >= 4 is 66.3 Å². The molecule has 0 N–H and O–H groups in total. The standard InChI is InChI=1S/C16H32Si3.C13H24Si2.3C11H16.3C9H12/c1-13-15(18(5,6)7)11-14(17(2,3)4)12-16(13)19(8,9)10;1-11-8-12(14(2,3)4)10-13(9-11)15(5,6)7;1-4-10-6-9(3)7-11(5-2)8-10;1-4-10-7-6-9(3)11(5-2)8-10;1-4-10-7-6-8-11(5-2)9(10)3;1-3-9-6-4-8(2)5-7-9;1-3-9-6-4-5-8(2)7-9;1-3-9-7-5-4-6-8(9)2/h11-12H,1-10H3;8-10H,1-7H3;3*6-8H,4-5H2,1-3H3;3*4-7H,3H2,1-2H3. The molecule has 0 unspecified atom stereocenters. The smallest absolute Gasteiger partial charge is 0.0656 e. The fourth-order valence-corrected chi connectivity index (χ4v) is 19.2. The lowest BCUT2D eigenvalue weighted by Crippen LogP contribution is -2.53. The van der Waals surface area contributed by atoms with E-state index in [9.17, 15) is 0 Å². The van der Waals surface area contributed by atoms with Gasteiger partial charge in [0.25, 0.3) is 0 Å². The predicted molar refractivity (Wildman–Crippen MR) is 449 cm³/mol. The Morgan fingerprint density at radius 2 is 0.564 bits per heavy atom. The van der Waals surface area contributed by atoms with Gasteiger partial charge in [-0.1, -0.05) is 372 Å². The van der Waals surface area contributed by atoms with Crippen molar-refractivity contribution in [2.75, 3.05) is 0 Å². The van der Waals surface area contributed by atoms with Crippen molar-refractivity contribution in [1.82, 2.24) is 0 Å². The van der Waals surface area contributed by atoms with Gasteiger partial charge in [-0.3, -0.25) is 0 Å². The van der Waals surface area contributed by atoms with Crippen LogP contribution >= 0.6 is 0 Å². The van der Waals surface area contributed by atoms with E-state index in [1.54, 1.807) is 31.5 Å². The Labute approximate surface area is 588 Å². The predicted octanol–water partition coefficient (Wildman–Crippen LogP) is 23.7. The first-order chi connectivity index (χ1) is 43.7. The van der Waals surface area contributed by atoms with Crippen molar-refractivity contribution < 1.29 is 0 Å². The number of benzene rings is 8. The van der Waals surface area contributed by atoms with E-state index < -0.39 is 40.4 Å². The Morgan fingerprint density at radius 1 is 0.213 bits per heavy atom. The average molecular weight is 1350 g/mol. The second kappa shape index (κ2) is 41.8. The molecule has 8 rings (SSSR count). The molecule has 8 aromatic rings. The highest BCUT2D eigenvalue weighted by molar-refractivity contribution is 6.95. The van der Waals surface area contributed by atoms with Crippen molar-refractivity contribution in [3.05, 3.63) is 252 Å². The second-order valence-electron chi connectivity index (χ2n) is 31.4. The van der Waals surface area contributed by atoms with Gasteiger partial charge < -0.3 is 0 Å². The van der Waals surface area contributed by atoms with E-state index in [1.165, 1.54) is 89.0 Å². The number of hydrogen-bond donors (Lipinski definition) is 0. The Morgan fingerprint density at radius 3 is 0.926 bits per heavy atom. The van der Waals surface area contributed by atoms with E-state index in [2.05, 4.69) is 374 Å². The lowest BCUT2D eigenvalue weighted by atomic mass is 9.99. The topological polar surface area (TPSA) is 0 Å². The highest BCUT2D eigenvalue weighted by Crippen LogP contribution is 2.17. The maximum Gasteiger partial charge on any atom is 0.0779 e. The van der Waals surface area contributed by atoms with Crippen LogP contribution in [-0.2, 0) is 57.8 Å². The molecule has 0 aliphatic heterocycles. The van der Waals surface area contributed by atoms with Crippen LogP contribution in [-0.4, -0.2) is 40.4 Å². The molecule has 0 heterocycles. The SMILES string of the molecule is CCc1cc(C)cc(CC)c1.CCc1ccc(C)c(CC)c1.CCc1ccc(C)cc1.CCc1cccc(C)c1.CCc1cccc(CC)c1C.CCc1ccccc1C.Cc1c([Si](C)(C)C)cc([Si](C)(C)C)cc1[Si](C)(C)C.Cc1cc([Si](C)(C)C)cc([Si](C)(C)C)c1. The molecule has 0 spiro atoms. The van der Waals surface area contributed by atoms with E-state index in [4.69, 9.17) is 0 Å². The van der Waals surface area contributed by atoms with Crippen LogP contribution in [0.25, 0.3) is 0 Å². The molecule has 0 aromatic heterocycles. The summed E-state index contributed by atoms with van der Waals surface area (Å²) < 4.78 is 0. The third-order valence-electron chi connectivity index (χ3n) is 17.9. The van der Waals surface area contributed by atoms with Crippen molar-refractivity contribution in [2.45, 2.75) is 274 Å². The summed E-state index contributed by atoms with van der Waals surface area (Å²) in [4.78, 5) is 0. The summed E-state index contributed by atoms with van der Waals surface area (Å²) in [6.07, 6.45) is 10.3. The average Bonchev–Trinajstić information content (AvgIpc) is 0.777. The van der Waals surface area contributed by atoms with E-state index in [0.717, 1.165) is 57.8 Å². The molecule has 0 fully saturated rings. The van der Waals surface area contributed by atoms with Crippen LogP contribution < -0.4 is 25.9 Å². The molecule has 516 valence electrons. The second-order valence-corrected chi connectivity index (χ2v) is 56.7. The lowest BCUT2D eigenvalue weighted by molar-refractivity contribution is 1.05. The van der Waals surface area contributed by atoms with E-state index in [-0.39, 0.29) is 0 Å². The van der Waals surface area contributed by atoms with Gasteiger partial charge in [-0.2, -0.15) is 0 Å². The maximum absolute atomic E-state index is 2.57. The van der Waals surface area contributed by atoms with Crippen LogP contribution in [0.2, 0.25) is 98.2 Å². The summed E-state index contributed by atoms with van der Waals surface area (Å²) in [5.41, 5.74) is 24.6. The van der Waals surface area contributed by atoms with Crippen LogP contribution in [0.3, 0.4) is 0 Å². The third-order valence-corrected chi connectivity index (χ3v) is 28.2. The molecule has 0 atom stereocenters. The fourth-order valence-electron chi connectivity index (χ4n) is 11.3. The van der Waals surface area contributed by atoms with Gasteiger partial charge in [-0.15, -0.1) is 0 Å². The minimum absolute atomic E-state index is 1.14. The van der Waals surface area contributed by atoms with E-state index >= 15 is 0 Å². The first-order valence-electron chi connectivity index (χ1n) is 36.4. The molecule has 0 bridgehead atoms. The summed E-state index contributed by atoms with van der Waals surface area (Å²) in [7, 11) is -6.05. The largest absolute Gasteiger partial charge is 0.0779 e. The molecule has 94 heavy (non-hydrogen) atoms. The fraction of sp³-hybridized carbons (Fsp3) is 0.461. The first kappa shape index (κ1) is 86.9. The minimum atomic E-state index is -1.25. The van der Waals surface area contributed by atoms with Crippen molar-refractivity contribution in [3.63, 3.8) is 0 Å². The van der Waals surface area contributed by atoms with Crippen LogP contribution in [0.4, 0.5) is 0 Å². The quantitative estimate of drug-likeness (QED) is 0.0952. The van der Waals surface area contributed by atoms with Crippen LogP contribution in [0, 0.1) is 55.4 Å². The van der Waals surface area contributed by atoms with Crippen molar-refractivity contribution in [1.29, 1.82) is 0 Å². The van der Waals surface area contributed by atoms with Gasteiger partial charge in [-0.05, 0) is 180 Å². The molecular weight excluding hydrogens is 1210 g/mol. The van der Waals surface area contributed by atoms with Crippen molar-refractivity contribution in [3.8, 4) is 0 Å². The monoisotopic (exact) mass is 1350 g/mol. The molecule has 0 saturated carbocycles. The Hall–Kier alpha value is -5.16. The van der Waals surface area contributed by atoms with Gasteiger partial charge in [0.2, 0.25) is 0 Å². The van der Waals surface area contributed by atoms with Gasteiger partial charge >= 0.3 is 0 Å². The molecular formula is C89H140Si5. The lowest BCUT2D eigenvalue weighted by Gasteiger charge is -2.30. The molecule has 0 aliphatic carbocycles. The van der Waals surface area contributed by atoms with Gasteiger partial charge in [0, 0.05) is 0 Å². The summed E-state index contributed by atoms with van der Waals surface area (Å²) in [6, 6.07) is 58.3. The zero-order chi connectivity index (χ0) is 72.0. The number of aryl methyl sites for hydroxylation is 15. The Bertz CT molecular complexity index is 3340. The summed E-state index contributed by atoms with van der Waals surface area (Å²) >= 11 is 0. The van der Waals surface area contributed by atoms with Gasteiger partial charge in [0.1, 0.15) is 0 Å². The highest BCUT2D eigenvalue weighted by Gasteiger charge is 2.29. The molecule has 0 aliphatic rings. The normalized spacial score (nSPS) is 11.1. The highest BCUT2D eigenvalue weighted by atomic mass is 28.3. The zero-order valence-corrected chi connectivity index (χ0v) is 71.9. The van der Waals surface area contributed by atoms with Crippen molar-refractivity contribution in [2.24, 2.45) is 0 Å². The third kappa shape index (κ3) is 32.3. The molecule has 5 heteroatoms. The minimum Gasteiger partial charge on any atom is -0.0656 e. The molecule has 0 radical (unpaired) electrons. The number of rotatable bonds is 14. The van der Waals surface area contributed by atoms with Gasteiger partial charge in [0.15, 0.2) is 0 Å². The summed E-state index contributed by atoms with van der Waals surface area (Å²) in [6.45, 7) is 74.2. The number of hydrogen-bond acceptors (Lipinski definition) is 0. The van der Waals surface area contributed by atoms with Gasteiger partial charge in [0.05, 0.1) is 40.4 Å². The van der Waals surface area contributed by atoms with E-state index in [0.29, 0.717) is 0 Å². The van der Waals surface area contributed by atoms with Crippen LogP contribution in [0.15, 0.2) is 158 Å². The van der Waals surface area contributed by atoms with Crippen LogP contribution in [0.5, 0.6) is 0 Å². The van der Waals surface area contributed by atoms with E-state index in [1.807, 2.05) is 0 Å². The summed E-state index contributed by atoms with van der Waals surface area (Å²) in [5, 5.41) is 8.28. The first-order valence-corrected chi connectivity index (χ1v) is 53.9. The molecule has 0 amide bonds. The Kier molecular flexibility index (Phi) is 38.7. The van der Waals surface area contributed by atoms with Gasteiger partial charge in [-0.25, -0.2) is 0 Å². The summed E-state index contributed by atoms with van der Waals surface area (Å²) in [5.74, 6) is 0. The molecule has 8 aromatic carbocycles. The molecule has 0 saturated heterocycles. The Balaban J connectivity index is 0.000000544. The maximum atomic E-state index is 2.57. The molecule has 0 nitrogen and oxygen atoms in total.